The predicted molar refractivity (Wildman–Crippen MR) is 82.6 cm³/mol. The Labute approximate surface area is 136 Å². The van der Waals surface area contributed by atoms with Crippen LogP contribution < -0.4 is 0 Å². The van der Waals surface area contributed by atoms with E-state index in [1.807, 2.05) is 0 Å². The molecule has 0 aliphatic carbocycles. The van der Waals surface area contributed by atoms with Gasteiger partial charge in [0, 0.05) is 15.1 Å². The van der Waals surface area contributed by atoms with E-state index < -0.39 is 22.6 Å². The third-order valence-electron chi connectivity index (χ3n) is 2.71. The molecule has 0 aliphatic rings. The fourth-order valence-electron chi connectivity index (χ4n) is 1.73. The number of carboxylic acids is 1. The zero-order valence-electron chi connectivity index (χ0n) is 10.5. The highest BCUT2D eigenvalue weighted by Crippen LogP contribution is 2.24. The lowest BCUT2D eigenvalue weighted by molar-refractivity contribution is 0.0693. The molecule has 0 bridgehead atoms. The molecule has 0 radical (unpaired) electrons. The molecular formula is C14H9BrClFO3S. The molecule has 110 valence electrons. The van der Waals surface area contributed by atoms with Crippen molar-refractivity contribution >= 4 is 44.3 Å². The summed E-state index contributed by atoms with van der Waals surface area (Å²) in [6, 6.07) is 8.33. The summed E-state index contributed by atoms with van der Waals surface area (Å²) in [5.74, 6) is -1.86. The minimum atomic E-state index is -1.70. The molecule has 0 aliphatic heterocycles. The van der Waals surface area contributed by atoms with Crippen molar-refractivity contribution in [1.29, 1.82) is 0 Å². The highest BCUT2D eigenvalue weighted by atomic mass is 79.9. The largest absolute Gasteiger partial charge is 0.478 e. The molecule has 0 amide bonds. The van der Waals surface area contributed by atoms with Crippen LogP contribution in [-0.2, 0) is 16.6 Å². The van der Waals surface area contributed by atoms with E-state index >= 15 is 0 Å². The van der Waals surface area contributed by atoms with E-state index in [1.165, 1.54) is 30.3 Å². The van der Waals surface area contributed by atoms with Gasteiger partial charge >= 0.3 is 5.97 Å². The Morgan fingerprint density at radius 1 is 1.29 bits per heavy atom. The van der Waals surface area contributed by atoms with Crippen LogP contribution in [0.3, 0.4) is 0 Å². The molecule has 1 atom stereocenters. The van der Waals surface area contributed by atoms with Gasteiger partial charge in [0.25, 0.3) is 0 Å². The minimum absolute atomic E-state index is 0.0704. The van der Waals surface area contributed by atoms with Crippen molar-refractivity contribution in [2.45, 2.75) is 10.6 Å². The predicted octanol–water partition coefficient (Wildman–Crippen LogP) is 4.25. The van der Waals surface area contributed by atoms with Crippen LogP contribution in [0.1, 0.15) is 15.9 Å². The number of aromatic carboxylic acids is 1. The molecule has 21 heavy (non-hydrogen) atoms. The van der Waals surface area contributed by atoms with Gasteiger partial charge in [0.2, 0.25) is 0 Å². The lowest BCUT2D eigenvalue weighted by Crippen LogP contribution is -2.07. The van der Waals surface area contributed by atoms with Crippen LogP contribution in [0, 0.1) is 5.82 Å². The van der Waals surface area contributed by atoms with E-state index in [-0.39, 0.29) is 21.8 Å². The number of benzene rings is 2. The molecule has 1 unspecified atom stereocenters. The molecule has 0 aromatic heterocycles. The van der Waals surface area contributed by atoms with E-state index in [9.17, 15) is 13.4 Å². The third-order valence-corrected chi connectivity index (χ3v) is 4.84. The molecule has 2 aromatic carbocycles. The molecule has 3 nitrogen and oxygen atoms in total. The lowest BCUT2D eigenvalue weighted by atomic mass is 10.2. The Kier molecular flexibility index (Phi) is 5.13. The van der Waals surface area contributed by atoms with Gasteiger partial charge in [-0.1, -0.05) is 27.5 Å². The van der Waals surface area contributed by atoms with Gasteiger partial charge < -0.3 is 5.11 Å². The maximum atomic E-state index is 13.7. The van der Waals surface area contributed by atoms with Crippen LogP contribution in [-0.4, -0.2) is 15.3 Å². The first kappa shape index (κ1) is 16.1. The second-order valence-electron chi connectivity index (χ2n) is 4.17. The van der Waals surface area contributed by atoms with Gasteiger partial charge in [0.1, 0.15) is 5.82 Å². The second-order valence-corrected chi connectivity index (χ2v) is 6.94. The molecular weight excluding hydrogens is 383 g/mol. The summed E-state index contributed by atoms with van der Waals surface area (Å²) in [6.07, 6.45) is 0. The molecule has 2 rings (SSSR count). The van der Waals surface area contributed by atoms with Crippen molar-refractivity contribution in [3.8, 4) is 0 Å². The van der Waals surface area contributed by atoms with Crippen molar-refractivity contribution in [3.63, 3.8) is 0 Å². The average molecular weight is 392 g/mol. The second kappa shape index (κ2) is 6.68. The number of rotatable bonds is 4. The Bertz CT molecular complexity index is 736. The average Bonchev–Trinajstić information content (AvgIpc) is 2.42. The van der Waals surface area contributed by atoms with Crippen LogP contribution in [0.25, 0.3) is 0 Å². The van der Waals surface area contributed by atoms with Gasteiger partial charge in [-0.15, -0.1) is 0 Å². The van der Waals surface area contributed by atoms with Gasteiger partial charge in [0.15, 0.2) is 0 Å². The summed E-state index contributed by atoms with van der Waals surface area (Å²) >= 11 is 8.99. The Balaban J connectivity index is 2.39. The Morgan fingerprint density at radius 2 is 2.00 bits per heavy atom. The molecule has 0 spiro atoms. The summed E-state index contributed by atoms with van der Waals surface area (Å²) in [5.41, 5.74) is 0.108. The van der Waals surface area contributed by atoms with Crippen molar-refractivity contribution in [1.82, 2.24) is 0 Å². The molecule has 1 N–H and O–H groups in total. The standard InChI is InChI=1S/C14H9BrClFO3S/c15-9-1-3-11(14(18)19)13(6-9)21(20)7-8-5-10(16)2-4-12(8)17/h1-6H,7H2,(H,18,19). The third kappa shape index (κ3) is 3.90. The summed E-state index contributed by atoms with van der Waals surface area (Å²) in [7, 11) is -1.70. The van der Waals surface area contributed by atoms with E-state index in [1.54, 1.807) is 6.07 Å². The Morgan fingerprint density at radius 3 is 2.67 bits per heavy atom. The maximum Gasteiger partial charge on any atom is 0.336 e. The topological polar surface area (TPSA) is 54.4 Å². The van der Waals surface area contributed by atoms with Crippen LogP contribution in [0.4, 0.5) is 4.39 Å². The summed E-state index contributed by atoms with van der Waals surface area (Å²) in [4.78, 5) is 11.3. The van der Waals surface area contributed by atoms with Gasteiger partial charge in [-0.3, -0.25) is 4.21 Å². The molecule has 0 saturated heterocycles. The molecule has 7 heteroatoms. The number of halogens is 3. The first-order valence-electron chi connectivity index (χ1n) is 5.73. The minimum Gasteiger partial charge on any atom is -0.478 e. The van der Waals surface area contributed by atoms with Gasteiger partial charge in [0.05, 0.1) is 27.0 Å². The van der Waals surface area contributed by atoms with E-state index in [2.05, 4.69) is 15.9 Å². The van der Waals surface area contributed by atoms with E-state index in [4.69, 9.17) is 16.7 Å². The molecule has 0 fully saturated rings. The number of hydrogen-bond acceptors (Lipinski definition) is 2. The maximum absolute atomic E-state index is 13.7. The van der Waals surface area contributed by atoms with Crippen LogP contribution >= 0.6 is 27.5 Å². The van der Waals surface area contributed by atoms with Gasteiger partial charge in [-0.2, -0.15) is 0 Å². The van der Waals surface area contributed by atoms with Crippen molar-refractivity contribution < 1.29 is 18.5 Å². The summed E-state index contributed by atoms with van der Waals surface area (Å²) < 4.78 is 26.6. The van der Waals surface area contributed by atoms with Crippen LogP contribution in [0.2, 0.25) is 5.02 Å². The monoisotopic (exact) mass is 390 g/mol. The van der Waals surface area contributed by atoms with Gasteiger partial charge in [-0.05, 0) is 36.4 Å². The highest BCUT2D eigenvalue weighted by molar-refractivity contribution is 9.10. The smallest absolute Gasteiger partial charge is 0.336 e. The quantitative estimate of drug-likeness (QED) is 0.848. The van der Waals surface area contributed by atoms with Gasteiger partial charge in [-0.25, -0.2) is 9.18 Å². The normalized spacial score (nSPS) is 12.1. The van der Waals surface area contributed by atoms with Crippen LogP contribution in [0.5, 0.6) is 0 Å². The number of carbonyl (C=O) groups is 1. The SMILES string of the molecule is O=C(O)c1ccc(Br)cc1S(=O)Cc1cc(Cl)ccc1F. The van der Waals surface area contributed by atoms with E-state index in [0.717, 1.165) is 0 Å². The molecule has 0 saturated carbocycles. The van der Waals surface area contributed by atoms with E-state index in [0.29, 0.717) is 9.50 Å². The fraction of sp³-hybridized carbons (Fsp3) is 0.0714. The summed E-state index contributed by atoms with van der Waals surface area (Å²) in [5, 5.41) is 9.46. The first-order valence-corrected chi connectivity index (χ1v) is 8.22. The fourth-order valence-corrected chi connectivity index (χ4v) is 3.76. The zero-order valence-corrected chi connectivity index (χ0v) is 13.6. The van der Waals surface area contributed by atoms with Crippen molar-refractivity contribution in [3.05, 3.63) is 62.8 Å². The zero-order chi connectivity index (χ0) is 15.6. The Hall–Kier alpha value is -1.24. The number of hydrogen-bond donors (Lipinski definition) is 1. The highest BCUT2D eigenvalue weighted by Gasteiger charge is 2.17. The molecule has 0 heterocycles. The first-order chi connectivity index (χ1) is 9.88. The summed E-state index contributed by atoms with van der Waals surface area (Å²) in [6.45, 7) is 0. The molecule has 2 aromatic rings. The lowest BCUT2D eigenvalue weighted by Gasteiger charge is -2.08. The number of carboxylic acid groups (broad SMARTS) is 1. The van der Waals surface area contributed by atoms with Crippen molar-refractivity contribution in [2.24, 2.45) is 0 Å². The van der Waals surface area contributed by atoms with Crippen molar-refractivity contribution in [2.75, 3.05) is 0 Å². The van der Waals surface area contributed by atoms with Crippen LogP contribution in [0.15, 0.2) is 45.8 Å².